The van der Waals surface area contributed by atoms with Crippen LogP contribution in [0.5, 0.6) is 0 Å². The predicted molar refractivity (Wildman–Crippen MR) is 312 cm³/mol. The number of aromatic nitrogens is 2. The van der Waals surface area contributed by atoms with Crippen LogP contribution in [0.25, 0.3) is 43.7 Å². The molecule has 0 radical (unpaired) electrons. The van der Waals surface area contributed by atoms with Gasteiger partial charge in [0.1, 0.15) is 48.7 Å². The Hall–Kier alpha value is -7.94. The van der Waals surface area contributed by atoms with Crippen molar-refractivity contribution in [2.75, 3.05) is 36.0 Å². The van der Waals surface area contributed by atoms with Crippen LogP contribution in [-0.4, -0.2) is 70.7 Å². The molecule has 8 aromatic rings. The fraction of sp³-hybridized carbons (Fsp3) is 0.270. The van der Waals surface area contributed by atoms with Gasteiger partial charge in [-0.05, 0) is 70.0 Å². The van der Waals surface area contributed by atoms with Crippen LogP contribution < -0.4 is 18.9 Å². The zero-order valence-corrected chi connectivity index (χ0v) is 46.5. The second-order valence-corrected chi connectivity index (χ2v) is 22.1. The van der Waals surface area contributed by atoms with Crippen molar-refractivity contribution in [3.05, 3.63) is 178 Å². The summed E-state index contributed by atoms with van der Waals surface area (Å²) in [5, 5.41) is 21.1. The zero-order valence-electron chi connectivity index (χ0n) is 44.9. The highest BCUT2D eigenvalue weighted by atomic mass is 32.1. The van der Waals surface area contributed by atoms with E-state index in [0.29, 0.717) is 19.4 Å². The number of carbonyl (C=O) groups excluding carboxylic acids is 2. The van der Waals surface area contributed by atoms with E-state index in [0.717, 1.165) is 85.4 Å². The number of esters is 1. The maximum atomic E-state index is 13.3. The molecule has 1 amide bonds. The zero-order chi connectivity index (χ0) is 54.8. The van der Waals surface area contributed by atoms with E-state index in [1.54, 1.807) is 22.7 Å². The summed E-state index contributed by atoms with van der Waals surface area (Å²) >= 11 is 3.51. The molecule has 396 valence electrons. The summed E-state index contributed by atoms with van der Waals surface area (Å²) in [7, 11) is 4.17. The minimum atomic E-state index is -1.00. The summed E-state index contributed by atoms with van der Waals surface area (Å²) in [4.78, 5) is 52.6. The van der Waals surface area contributed by atoms with E-state index in [2.05, 4.69) is 115 Å². The molecule has 2 aromatic heterocycles. The SMILES string of the molecule is CCCCCC(=O)OC(C)(C)C.CCCN(CC(=O)O)C(=O)CN1c2ccccc2C(=Cc2sc3ccccc3[n+]2C)c2ccccc21.C[n+]1c(C=C2c3ccccc3N(CC(=O)O)c3ccccc32)sc2ccccc21. The summed E-state index contributed by atoms with van der Waals surface area (Å²) in [6.45, 7) is 9.87. The molecule has 2 aliphatic heterocycles. The number of thiazole rings is 2. The molecule has 77 heavy (non-hydrogen) atoms. The Balaban J connectivity index is 0.000000171. The predicted octanol–water partition coefficient (Wildman–Crippen LogP) is 12.8. The lowest BCUT2D eigenvalue weighted by atomic mass is 9.90. The summed E-state index contributed by atoms with van der Waals surface area (Å²) in [6.07, 6.45) is 8.92. The number of carbonyl (C=O) groups is 4. The maximum absolute atomic E-state index is 13.3. The van der Waals surface area contributed by atoms with Gasteiger partial charge in [0.15, 0.2) is 0 Å². The van der Waals surface area contributed by atoms with Crippen molar-refractivity contribution in [1.29, 1.82) is 0 Å². The van der Waals surface area contributed by atoms with E-state index in [9.17, 15) is 29.4 Å². The van der Waals surface area contributed by atoms with Crippen LogP contribution in [0.4, 0.5) is 22.7 Å². The minimum absolute atomic E-state index is 0.0715. The summed E-state index contributed by atoms with van der Waals surface area (Å²) in [6, 6.07) is 49.0. The molecule has 6 aromatic carbocycles. The van der Waals surface area contributed by atoms with Crippen LogP contribution in [0.15, 0.2) is 146 Å². The van der Waals surface area contributed by atoms with E-state index in [4.69, 9.17) is 4.74 Å². The number of unbranched alkanes of at least 4 members (excludes halogenated alkanes) is 2. The highest BCUT2D eigenvalue weighted by Crippen LogP contribution is 2.47. The van der Waals surface area contributed by atoms with Crippen LogP contribution in [0.3, 0.4) is 0 Å². The number of aryl methyl sites for hydroxylation is 2. The molecule has 14 heteroatoms. The molecule has 0 spiro atoms. The smallest absolute Gasteiger partial charge is 0.323 e. The van der Waals surface area contributed by atoms with Crippen LogP contribution in [0.2, 0.25) is 0 Å². The highest BCUT2D eigenvalue weighted by molar-refractivity contribution is 7.19. The number of fused-ring (bicyclic) bond motifs is 6. The molecule has 0 saturated carbocycles. The van der Waals surface area contributed by atoms with Gasteiger partial charge in [-0.3, -0.25) is 19.2 Å². The molecule has 10 rings (SSSR count). The van der Waals surface area contributed by atoms with Crippen molar-refractivity contribution in [3.8, 4) is 0 Å². The molecule has 0 saturated heterocycles. The molecule has 0 atom stereocenters. The van der Waals surface area contributed by atoms with Crippen LogP contribution in [-0.2, 0) is 38.0 Å². The lowest BCUT2D eigenvalue weighted by Crippen LogP contribution is -2.42. The van der Waals surface area contributed by atoms with Crippen molar-refractivity contribution in [1.82, 2.24) is 4.90 Å². The number of nitrogens with zero attached hydrogens (tertiary/aromatic N) is 5. The van der Waals surface area contributed by atoms with Crippen molar-refractivity contribution >= 4 is 113 Å². The Morgan fingerprint density at radius 2 is 0.961 bits per heavy atom. The van der Waals surface area contributed by atoms with Gasteiger partial charge in [0.2, 0.25) is 16.9 Å². The van der Waals surface area contributed by atoms with E-state index in [1.165, 1.54) is 25.3 Å². The molecule has 12 nitrogen and oxygen atoms in total. The Morgan fingerprint density at radius 3 is 1.34 bits per heavy atom. The van der Waals surface area contributed by atoms with Gasteiger partial charge in [0.25, 0.3) is 10.0 Å². The van der Waals surface area contributed by atoms with Crippen LogP contribution in [0.1, 0.15) is 99.0 Å². The number of amides is 1. The molecule has 0 aliphatic carbocycles. The summed E-state index contributed by atoms with van der Waals surface area (Å²) in [5.41, 5.74) is 12.2. The van der Waals surface area contributed by atoms with Crippen molar-refractivity contribution < 1.29 is 43.3 Å². The van der Waals surface area contributed by atoms with Gasteiger partial charge in [-0.2, -0.15) is 9.13 Å². The van der Waals surface area contributed by atoms with E-state index < -0.39 is 11.9 Å². The first-order chi connectivity index (χ1) is 37.1. The largest absolute Gasteiger partial charge is 0.480 e. The van der Waals surface area contributed by atoms with Crippen molar-refractivity contribution in [2.45, 2.75) is 72.3 Å². The molecule has 0 bridgehead atoms. The number of carboxylic acids is 2. The molecule has 0 unspecified atom stereocenters. The van der Waals surface area contributed by atoms with Gasteiger partial charge in [0, 0.05) is 93.4 Å². The number of benzene rings is 6. The van der Waals surface area contributed by atoms with Gasteiger partial charge >= 0.3 is 17.9 Å². The van der Waals surface area contributed by atoms with Crippen LogP contribution in [0, 0.1) is 0 Å². The van der Waals surface area contributed by atoms with E-state index >= 15 is 0 Å². The fourth-order valence-electron chi connectivity index (χ4n) is 9.70. The van der Waals surface area contributed by atoms with E-state index in [-0.39, 0.29) is 37.1 Å². The standard InChI is InChI=1S/C29H27N3O3S.C24H18N2O2S.C10H20O2/c1-3-16-31(19-29(34)35)27(33)18-32-23-12-6-4-10-20(23)22(21-11-5-7-13-24(21)32)17-28-30(2)25-14-8-9-15-26(25)36-28;1-25-21-12-6-7-13-22(21)29-23(25)14-18-16-8-2-4-10-19(16)26(15-24(27)28)20-11-5-3-9-17(18)20;1-5-6-7-8-9(11)12-10(2,3)4/h4-15,17H,3,16,18-19H2,1-2H3;2-14H,15H2,1H3;5-8H2,1-4H3/p+2. The molecular weight excluding hydrogens is 1000 g/mol. The lowest BCUT2D eigenvalue weighted by Gasteiger charge is -2.35. The first-order valence-electron chi connectivity index (χ1n) is 26.1. The van der Waals surface area contributed by atoms with E-state index in [1.807, 2.05) is 110 Å². The first kappa shape index (κ1) is 55.3. The normalized spacial score (nSPS) is 12.2. The number of aliphatic carboxylic acids is 2. The fourth-order valence-corrected chi connectivity index (χ4v) is 11.9. The Morgan fingerprint density at radius 1 is 0.558 bits per heavy atom. The van der Waals surface area contributed by atoms with Gasteiger partial charge in [-0.1, -0.05) is 146 Å². The number of carboxylic acid groups (broad SMARTS) is 2. The van der Waals surface area contributed by atoms with Gasteiger partial charge in [-0.15, -0.1) is 0 Å². The number of hydrogen-bond acceptors (Lipinski definition) is 9. The third-order valence-electron chi connectivity index (χ3n) is 13.2. The number of anilines is 4. The number of para-hydroxylation sites is 6. The monoisotopic (exact) mass is 1070 g/mol. The summed E-state index contributed by atoms with van der Waals surface area (Å²) < 4.78 is 12.0. The van der Waals surface area contributed by atoms with Gasteiger partial charge < -0.3 is 29.6 Å². The Labute approximate surface area is 459 Å². The van der Waals surface area contributed by atoms with Crippen molar-refractivity contribution in [3.63, 3.8) is 0 Å². The topological polar surface area (TPSA) is 135 Å². The second-order valence-electron chi connectivity index (χ2n) is 19.9. The maximum Gasteiger partial charge on any atom is 0.323 e. The van der Waals surface area contributed by atoms with Crippen LogP contribution >= 0.6 is 22.7 Å². The first-order valence-corrected chi connectivity index (χ1v) is 27.7. The Bertz CT molecular complexity index is 3420. The highest BCUT2D eigenvalue weighted by Gasteiger charge is 2.32. The minimum Gasteiger partial charge on any atom is -0.480 e. The average Bonchev–Trinajstić information content (AvgIpc) is 3.94. The average molecular weight is 1070 g/mol. The lowest BCUT2D eigenvalue weighted by molar-refractivity contribution is -0.642. The number of rotatable bonds is 14. The molecule has 2 N–H and O–H groups in total. The quantitative estimate of drug-likeness (QED) is 0.0620. The third kappa shape index (κ3) is 13.0. The molecular formula is C63H67N5O7S2+2. The molecule has 2 aliphatic rings. The molecule has 0 fully saturated rings. The number of hydrogen-bond donors (Lipinski definition) is 2. The van der Waals surface area contributed by atoms with Crippen molar-refractivity contribution in [2.24, 2.45) is 14.1 Å². The third-order valence-corrected chi connectivity index (χ3v) is 15.5. The number of ether oxygens (including phenoxy) is 1. The Kier molecular flexibility index (Phi) is 17.8. The van der Waals surface area contributed by atoms with Gasteiger partial charge in [0.05, 0.1) is 0 Å². The summed E-state index contributed by atoms with van der Waals surface area (Å²) in [5.74, 6) is -2.13. The molecule has 4 heterocycles. The van der Waals surface area contributed by atoms with Gasteiger partial charge in [-0.25, -0.2) is 0 Å². The second kappa shape index (κ2) is 24.8.